The molecule has 0 aliphatic rings. The highest BCUT2D eigenvalue weighted by atomic mass is 19.1. The first-order valence-electron chi connectivity index (χ1n) is 5.92. The van der Waals surface area contributed by atoms with Gasteiger partial charge in [-0.15, -0.1) is 0 Å². The molecule has 0 aliphatic carbocycles. The number of hydrogen-bond acceptors (Lipinski definition) is 2. The predicted octanol–water partition coefficient (Wildman–Crippen LogP) is 2.31. The second-order valence-corrected chi connectivity index (χ2v) is 3.95. The molecule has 0 saturated heterocycles. The molecule has 0 radical (unpaired) electrons. The Morgan fingerprint density at radius 2 is 1.94 bits per heavy atom. The van der Waals surface area contributed by atoms with Gasteiger partial charge in [-0.3, -0.25) is 4.79 Å². The fraction of sp³-hybridized carbons (Fsp3) is 0.462. The molecule has 0 bridgehead atoms. The number of benzene rings is 1. The van der Waals surface area contributed by atoms with Gasteiger partial charge in [-0.05, 0) is 37.6 Å². The van der Waals surface area contributed by atoms with Crippen molar-refractivity contribution in [2.24, 2.45) is 5.73 Å². The van der Waals surface area contributed by atoms with E-state index in [9.17, 15) is 9.18 Å². The second kappa shape index (κ2) is 6.35. The second-order valence-electron chi connectivity index (χ2n) is 3.95. The molecule has 17 heavy (non-hydrogen) atoms. The Kier molecular flexibility index (Phi) is 5.10. The summed E-state index contributed by atoms with van der Waals surface area (Å²) in [6, 6.07) is 5.39. The third-order valence-corrected chi connectivity index (χ3v) is 2.64. The van der Waals surface area contributed by atoms with Crippen molar-refractivity contribution in [2.75, 3.05) is 11.4 Å². The molecule has 1 unspecified atom stereocenters. The van der Waals surface area contributed by atoms with Crippen molar-refractivity contribution in [3.63, 3.8) is 0 Å². The molecule has 1 atom stereocenters. The zero-order chi connectivity index (χ0) is 12.8. The van der Waals surface area contributed by atoms with E-state index < -0.39 is 6.04 Å². The Morgan fingerprint density at radius 1 is 1.35 bits per heavy atom. The summed E-state index contributed by atoms with van der Waals surface area (Å²) in [5, 5.41) is 0. The van der Waals surface area contributed by atoms with Crippen LogP contribution in [0.2, 0.25) is 0 Å². The van der Waals surface area contributed by atoms with Gasteiger partial charge in [0.1, 0.15) is 5.82 Å². The van der Waals surface area contributed by atoms with Crippen molar-refractivity contribution < 1.29 is 9.18 Å². The van der Waals surface area contributed by atoms with Gasteiger partial charge in [-0.2, -0.15) is 0 Å². The molecule has 1 aromatic carbocycles. The van der Waals surface area contributed by atoms with E-state index in [4.69, 9.17) is 5.73 Å². The number of carbonyl (C=O) groups excluding carboxylic acids is 1. The fourth-order valence-electron chi connectivity index (χ4n) is 1.72. The normalized spacial score (nSPS) is 12.2. The number of anilines is 1. The average molecular weight is 238 g/mol. The number of likely N-dealkylation sites (N-methyl/N-ethyl adjacent to an activating group) is 1. The standard InChI is InChI=1S/C13H19FN2O/c1-3-5-12(15)13(17)16(4-2)11-8-6-10(14)7-9-11/h6-9,12H,3-5,15H2,1-2H3. The van der Waals surface area contributed by atoms with E-state index in [0.29, 0.717) is 18.7 Å². The highest BCUT2D eigenvalue weighted by Crippen LogP contribution is 2.16. The Hall–Kier alpha value is -1.42. The number of halogens is 1. The molecule has 1 aromatic rings. The first-order valence-corrected chi connectivity index (χ1v) is 5.92. The maximum Gasteiger partial charge on any atom is 0.243 e. The zero-order valence-corrected chi connectivity index (χ0v) is 10.3. The third kappa shape index (κ3) is 3.53. The minimum absolute atomic E-state index is 0.110. The lowest BCUT2D eigenvalue weighted by Gasteiger charge is -2.24. The first-order chi connectivity index (χ1) is 8.10. The molecule has 2 N–H and O–H groups in total. The largest absolute Gasteiger partial charge is 0.320 e. The summed E-state index contributed by atoms with van der Waals surface area (Å²) in [5.41, 5.74) is 6.49. The monoisotopic (exact) mass is 238 g/mol. The average Bonchev–Trinajstić information content (AvgIpc) is 2.32. The maximum atomic E-state index is 12.8. The van der Waals surface area contributed by atoms with Crippen LogP contribution < -0.4 is 10.6 Å². The van der Waals surface area contributed by atoms with Crippen LogP contribution in [0.15, 0.2) is 24.3 Å². The van der Waals surface area contributed by atoms with E-state index in [1.54, 1.807) is 17.0 Å². The molecule has 4 heteroatoms. The van der Waals surface area contributed by atoms with E-state index in [0.717, 1.165) is 6.42 Å². The lowest BCUT2D eigenvalue weighted by molar-refractivity contribution is -0.119. The van der Waals surface area contributed by atoms with Crippen LogP contribution in [0.25, 0.3) is 0 Å². The topological polar surface area (TPSA) is 46.3 Å². The summed E-state index contributed by atoms with van der Waals surface area (Å²) in [6.07, 6.45) is 1.53. The van der Waals surface area contributed by atoms with E-state index in [2.05, 4.69) is 0 Å². The lowest BCUT2D eigenvalue weighted by atomic mass is 10.1. The molecule has 1 amide bonds. The van der Waals surface area contributed by atoms with Crippen LogP contribution in [0.4, 0.5) is 10.1 Å². The summed E-state index contributed by atoms with van der Waals surface area (Å²) in [4.78, 5) is 13.6. The summed E-state index contributed by atoms with van der Waals surface area (Å²) in [5.74, 6) is -0.420. The van der Waals surface area contributed by atoms with Crippen LogP contribution in [0.1, 0.15) is 26.7 Å². The number of hydrogen-bond donors (Lipinski definition) is 1. The molecule has 0 aromatic heterocycles. The number of nitrogens with two attached hydrogens (primary N) is 1. The van der Waals surface area contributed by atoms with E-state index >= 15 is 0 Å². The van der Waals surface area contributed by atoms with Gasteiger partial charge in [0.2, 0.25) is 5.91 Å². The molecule has 0 heterocycles. The molecular weight excluding hydrogens is 219 g/mol. The molecule has 1 rings (SSSR count). The number of amides is 1. The maximum absolute atomic E-state index is 12.8. The Bertz CT molecular complexity index is 364. The quantitative estimate of drug-likeness (QED) is 0.855. The van der Waals surface area contributed by atoms with Crippen LogP contribution in [-0.2, 0) is 4.79 Å². The molecule has 0 fully saturated rings. The third-order valence-electron chi connectivity index (χ3n) is 2.64. The SMILES string of the molecule is CCCC(N)C(=O)N(CC)c1ccc(F)cc1. The predicted molar refractivity (Wildman–Crippen MR) is 67.3 cm³/mol. The van der Waals surface area contributed by atoms with Crippen molar-refractivity contribution in [1.82, 2.24) is 0 Å². The molecule has 0 aliphatic heterocycles. The highest BCUT2D eigenvalue weighted by molar-refractivity contribution is 5.96. The van der Waals surface area contributed by atoms with Crippen molar-refractivity contribution in [2.45, 2.75) is 32.7 Å². The van der Waals surface area contributed by atoms with E-state index in [1.807, 2.05) is 13.8 Å². The number of carbonyl (C=O) groups is 1. The molecule has 94 valence electrons. The van der Waals surface area contributed by atoms with Crippen LogP contribution in [0, 0.1) is 5.82 Å². The summed E-state index contributed by atoms with van der Waals surface area (Å²) >= 11 is 0. The Balaban J connectivity index is 2.84. The summed E-state index contributed by atoms with van der Waals surface area (Å²) < 4.78 is 12.8. The van der Waals surface area contributed by atoms with Gasteiger partial charge in [-0.1, -0.05) is 13.3 Å². The van der Waals surface area contributed by atoms with Gasteiger partial charge >= 0.3 is 0 Å². The highest BCUT2D eigenvalue weighted by Gasteiger charge is 2.20. The van der Waals surface area contributed by atoms with Gasteiger partial charge in [0.15, 0.2) is 0 Å². The summed E-state index contributed by atoms with van der Waals surface area (Å²) in [7, 11) is 0. The van der Waals surface area contributed by atoms with Crippen LogP contribution in [0.5, 0.6) is 0 Å². The summed E-state index contributed by atoms with van der Waals surface area (Å²) in [6.45, 7) is 4.39. The van der Waals surface area contributed by atoms with Gasteiger partial charge < -0.3 is 10.6 Å². The molecular formula is C13H19FN2O. The van der Waals surface area contributed by atoms with Crippen LogP contribution in [0.3, 0.4) is 0 Å². The van der Waals surface area contributed by atoms with E-state index in [-0.39, 0.29) is 11.7 Å². The Morgan fingerprint density at radius 3 is 2.41 bits per heavy atom. The van der Waals surface area contributed by atoms with Crippen LogP contribution >= 0.6 is 0 Å². The van der Waals surface area contributed by atoms with Crippen molar-refractivity contribution >= 4 is 11.6 Å². The van der Waals surface area contributed by atoms with E-state index in [1.165, 1.54) is 12.1 Å². The molecule has 0 saturated carbocycles. The number of rotatable bonds is 5. The van der Waals surface area contributed by atoms with Gasteiger partial charge in [0.25, 0.3) is 0 Å². The first kappa shape index (κ1) is 13.6. The van der Waals surface area contributed by atoms with Crippen molar-refractivity contribution in [3.05, 3.63) is 30.1 Å². The smallest absolute Gasteiger partial charge is 0.243 e. The molecule has 3 nitrogen and oxygen atoms in total. The van der Waals surface area contributed by atoms with Crippen molar-refractivity contribution in [1.29, 1.82) is 0 Å². The minimum atomic E-state index is -0.481. The van der Waals surface area contributed by atoms with Gasteiger partial charge in [-0.25, -0.2) is 4.39 Å². The Labute approximate surface area is 101 Å². The van der Waals surface area contributed by atoms with Crippen LogP contribution in [-0.4, -0.2) is 18.5 Å². The van der Waals surface area contributed by atoms with Crippen molar-refractivity contribution in [3.8, 4) is 0 Å². The fourth-order valence-corrected chi connectivity index (χ4v) is 1.72. The lowest BCUT2D eigenvalue weighted by Crippen LogP contribution is -2.43. The molecule has 0 spiro atoms. The number of nitrogens with zero attached hydrogens (tertiary/aromatic N) is 1. The minimum Gasteiger partial charge on any atom is -0.320 e. The zero-order valence-electron chi connectivity index (χ0n) is 10.3. The van der Waals surface area contributed by atoms with Gasteiger partial charge in [0.05, 0.1) is 6.04 Å². The van der Waals surface area contributed by atoms with Gasteiger partial charge in [0, 0.05) is 12.2 Å².